The standard InChI is InChI=1S/C12H17F2N3O2.C10H15F2NO3.2H2S/c1-11(2,3)19-10(18)17-7-12(13,14)6-8(17)9-15-4-5-16-9;1-9(2,3)16-8(15)13-6-10(11,12)4-7(13)5-14;;/h4-5,8H,6-7H2,1-3H3,(H,15,16);5,7H,4,6H2,1-3H3;2*1H2/t8-;7-;;/m00../s1. The zero-order valence-electron chi connectivity index (χ0n) is 21.6. The van der Waals surface area contributed by atoms with Crippen molar-refractivity contribution in [3.05, 3.63) is 18.2 Å². The quantitative estimate of drug-likeness (QED) is 0.401. The maximum atomic E-state index is 13.5. The number of aldehydes is 1. The van der Waals surface area contributed by atoms with E-state index in [1.807, 2.05) is 0 Å². The summed E-state index contributed by atoms with van der Waals surface area (Å²) in [4.78, 5) is 42.6. The summed E-state index contributed by atoms with van der Waals surface area (Å²) in [6.45, 7) is 8.58. The molecule has 0 spiro atoms. The molecule has 0 aromatic carbocycles. The summed E-state index contributed by atoms with van der Waals surface area (Å²) < 4.78 is 63.2. The molecule has 15 heteroatoms. The van der Waals surface area contributed by atoms with Gasteiger partial charge in [-0.25, -0.2) is 32.1 Å². The molecule has 1 N–H and O–H groups in total. The number of ether oxygens (including phenoxy) is 2. The zero-order valence-corrected chi connectivity index (χ0v) is 23.6. The van der Waals surface area contributed by atoms with Crippen molar-refractivity contribution in [2.75, 3.05) is 13.1 Å². The highest BCUT2D eigenvalue weighted by Gasteiger charge is 2.50. The number of likely N-dealkylation sites (tertiary alicyclic amines) is 2. The molecule has 2 atom stereocenters. The summed E-state index contributed by atoms with van der Waals surface area (Å²) in [5.41, 5.74) is -1.48. The fourth-order valence-corrected chi connectivity index (χ4v) is 3.52. The van der Waals surface area contributed by atoms with Gasteiger partial charge < -0.3 is 19.3 Å². The topological polar surface area (TPSA) is 105 Å². The third-order valence-corrected chi connectivity index (χ3v) is 4.83. The van der Waals surface area contributed by atoms with E-state index in [2.05, 4.69) is 9.97 Å². The van der Waals surface area contributed by atoms with Crippen molar-refractivity contribution in [2.45, 2.75) is 89.5 Å². The van der Waals surface area contributed by atoms with Crippen LogP contribution in [0.5, 0.6) is 0 Å². The van der Waals surface area contributed by atoms with Gasteiger partial charge in [0, 0.05) is 25.2 Å². The number of halogens is 4. The molecule has 2 aliphatic rings. The Morgan fingerprint density at radius 1 is 0.946 bits per heavy atom. The Morgan fingerprint density at radius 2 is 1.41 bits per heavy atom. The Hall–Kier alpha value is -2.16. The van der Waals surface area contributed by atoms with E-state index in [0.29, 0.717) is 12.1 Å². The van der Waals surface area contributed by atoms with E-state index in [1.165, 1.54) is 6.20 Å². The summed E-state index contributed by atoms with van der Waals surface area (Å²) in [5.74, 6) is -5.58. The molecule has 3 heterocycles. The van der Waals surface area contributed by atoms with Crippen molar-refractivity contribution < 1.29 is 41.4 Å². The first kappa shape index (κ1) is 34.8. The summed E-state index contributed by atoms with van der Waals surface area (Å²) in [7, 11) is 0. The van der Waals surface area contributed by atoms with Crippen LogP contribution < -0.4 is 0 Å². The van der Waals surface area contributed by atoms with Crippen LogP contribution in [-0.4, -0.2) is 80.4 Å². The van der Waals surface area contributed by atoms with E-state index in [9.17, 15) is 31.9 Å². The molecule has 2 aliphatic heterocycles. The lowest BCUT2D eigenvalue weighted by atomic mass is 10.2. The highest BCUT2D eigenvalue weighted by molar-refractivity contribution is 7.59. The molecule has 0 radical (unpaired) electrons. The van der Waals surface area contributed by atoms with E-state index in [4.69, 9.17) is 9.47 Å². The number of carbonyl (C=O) groups excluding carboxylic acids is 3. The van der Waals surface area contributed by atoms with Crippen molar-refractivity contribution in [1.29, 1.82) is 0 Å². The summed E-state index contributed by atoms with van der Waals surface area (Å²) >= 11 is 0. The average molecular weight is 577 g/mol. The number of alkyl halides is 4. The third-order valence-electron chi connectivity index (χ3n) is 4.83. The van der Waals surface area contributed by atoms with Gasteiger partial charge in [0.25, 0.3) is 11.8 Å². The normalized spacial score (nSPS) is 22.1. The second-order valence-electron chi connectivity index (χ2n) is 10.5. The lowest BCUT2D eigenvalue weighted by Crippen LogP contribution is -2.41. The number of rotatable bonds is 2. The second-order valence-corrected chi connectivity index (χ2v) is 10.5. The molecule has 9 nitrogen and oxygen atoms in total. The van der Waals surface area contributed by atoms with Gasteiger partial charge in [0.2, 0.25) is 0 Å². The maximum Gasteiger partial charge on any atom is 0.411 e. The van der Waals surface area contributed by atoms with E-state index < -0.39 is 73.2 Å². The third kappa shape index (κ3) is 10.6. The molecular weight excluding hydrogens is 540 g/mol. The van der Waals surface area contributed by atoms with Crippen molar-refractivity contribution in [3.8, 4) is 0 Å². The number of hydrogen-bond donors (Lipinski definition) is 1. The summed E-state index contributed by atoms with van der Waals surface area (Å²) in [5, 5.41) is 0. The van der Waals surface area contributed by atoms with Crippen molar-refractivity contribution in [3.63, 3.8) is 0 Å². The number of amides is 2. The zero-order chi connectivity index (χ0) is 26.8. The van der Waals surface area contributed by atoms with Gasteiger partial charge in [0.05, 0.1) is 25.2 Å². The van der Waals surface area contributed by atoms with E-state index in [-0.39, 0.29) is 27.0 Å². The largest absolute Gasteiger partial charge is 0.444 e. The van der Waals surface area contributed by atoms with Gasteiger partial charge in [-0.05, 0) is 41.5 Å². The van der Waals surface area contributed by atoms with Crippen LogP contribution in [0.15, 0.2) is 12.4 Å². The number of nitrogens with zero attached hydrogens (tertiary/aromatic N) is 3. The van der Waals surface area contributed by atoms with Gasteiger partial charge in [-0.1, -0.05) is 0 Å². The Kier molecular flexibility index (Phi) is 11.9. The predicted molar refractivity (Wildman–Crippen MR) is 137 cm³/mol. The Labute approximate surface area is 227 Å². The molecule has 0 saturated carbocycles. The molecule has 214 valence electrons. The Morgan fingerprint density at radius 3 is 1.84 bits per heavy atom. The van der Waals surface area contributed by atoms with Crippen LogP contribution in [0.25, 0.3) is 0 Å². The number of hydrogen-bond acceptors (Lipinski definition) is 6. The molecule has 37 heavy (non-hydrogen) atoms. The van der Waals surface area contributed by atoms with E-state index in [0.717, 1.165) is 9.80 Å². The van der Waals surface area contributed by atoms with Crippen LogP contribution in [0.4, 0.5) is 27.2 Å². The van der Waals surface area contributed by atoms with E-state index in [1.54, 1.807) is 47.7 Å². The molecule has 1 aromatic heterocycles. The van der Waals surface area contributed by atoms with Crippen LogP contribution >= 0.6 is 27.0 Å². The summed E-state index contributed by atoms with van der Waals surface area (Å²) in [6, 6.07) is -1.87. The van der Waals surface area contributed by atoms with Gasteiger partial charge in [-0.3, -0.25) is 9.80 Å². The monoisotopic (exact) mass is 576 g/mol. The lowest BCUT2D eigenvalue weighted by molar-refractivity contribution is -0.111. The van der Waals surface area contributed by atoms with Crippen LogP contribution in [0.1, 0.15) is 66.3 Å². The molecule has 2 saturated heterocycles. The van der Waals surface area contributed by atoms with Gasteiger partial charge in [-0.15, -0.1) is 0 Å². The highest BCUT2D eigenvalue weighted by atomic mass is 32.1. The lowest BCUT2D eigenvalue weighted by Gasteiger charge is -2.27. The number of aromatic nitrogens is 2. The molecule has 1 aromatic rings. The number of H-pyrrole nitrogens is 1. The van der Waals surface area contributed by atoms with Crippen LogP contribution in [-0.2, 0) is 14.3 Å². The molecule has 2 fully saturated rings. The first-order valence-corrected chi connectivity index (χ1v) is 11.0. The van der Waals surface area contributed by atoms with Gasteiger partial charge in [0.1, 0.15) is 23.3 Å². The first-order valence-electron chi connectivity index (χ1n) is 11.0. The fourth-order valence-electron chi connectivity index (χ4n) is 3.52. The molecule has 3 rings (SSSR count). The minimum Gasteiger partial charge on any atom is -0.444 e. The molecule has 0 aliphatic carbocycles. The van der Waals surface area contributed by atoms with E-state index >= 15 is 0 Å². The second kappa shape index (κ2) is 12.6. The predicted octanol–water partition coefficient (Wildman–Crippen LogP) is 4.78. The van der Waals surface area contributed by atoms with Crippen LogP contribution in [0.2, 0.25) is 0 Å². The molecule has 0 bridgehead atoms. The number of imidazole rings is 1. The molecule has 2 amide bonds. The Balaban J connectivity index is 0.000000674. The van der Waals surface area contributed by atoms with Crippen LogP contribution in [0.3, 0.4) is 0 Å². The number of nitrogens with one attached hydrogen (secondary N) is 1. The minimum absolute atomic E-state index is 0. The SMILES string of the molecule is CC(C)(C)OC(=O)N1CC(F)(F)C[C@H]1C=O.CC(C)(C)OC(=O)N1CC(F)(F)C[C@H]1c1ncc[nH]1.S.S. The summed E-state index contributed by atoms with van der Waals surface area (Å²) in [6.07, 6.45) is 0.672. The first-order chi connectivity index (χ1) is 15.8. The number of aromatic amines is 1. The van der Waals surface area contributed by atoms with Gasteiger partial charge in [-0.2, -0.15) is 27.0 Å². The minimum atomic E-state index is -3.01. The van der Waals surface area contributed by atoms with Gasteiger partial charge >= 0.3 is 12.2 Å². The van der Waals surface area contributed by atoms with Crippen LogP contribution in [0, 0.1) is 0 Å². The number of carbonyl (C=O) groups is 3. The Bertz CT molecular complexity index is 908. The van der Waals surface area contributed by atoms with Crippen molar-refractivity contribution >= 4 is 45.5 Å². The fraction of sp³-hybridized carbons (Fsp3) is 0.727. The molecular formula is C22H36F4N4O5S2. The maximum absolute atomic E-state index is 13.5. The highest BCUT2D eigenvalue weighted by Crippen LogP contribution is 2.40. The smallest absolute Gasteiger partial charge is 0.411 e. The van der Waals surface area contributed by atoms with Crippen molar-refractivity contribution in [2.24, 2.45) is 0 Å². The average Bonchev–Trinajstić information content (AvgIpc) is 3.36. The van der Waals surface area contributed by atoms with Gasteiger partial charge in [0.15, 0.2) is 0 Å². The molecule has 0 unspecified atom stereocenters. The van der Waals surface area contributed by atoms with Crippen molar-refractivity contribution in [1.82, 2.24) is 19.8 Å².